The molecule has 2 nitrogen and oxygen atoms in total. The molecule has 92 valence electrons. The number of nitrogens with zero attached hydrogens (tertiary/aromatic N) is 1. The smallest absolute Gasteiger partial charge is 0.127 e. The minimum atomic E-state index is -0.181. The lowest BCUT2D eigenvalue weighted by Gasteiger charge is -2.26. The van der Waals surface area contributed by atoms with Gasteiger partial charge in [0.05, 0.1) is 0 Å². The first kappa shape index (κ1) is 11.2. The van der Waals surface area contributed by atoms with Crippen molar-refractivity contribution in [3.05, 3.63) is 35.1 Å². The third kappa shape index (κ3) is 2.09. The van der Waals surface area contributed by atoms with Crippen molar-refractivity contribution in [3.63, 3.8) is 0 Å². The number of hydrogen-bond acceptors (Lipinski definition) is 2. The molecule has 2 atom stereocenters. The number of fused-ring (bicyclic) bond motifs is 2. The van der Waals surface area contributed by atoms with Crippen LogP contribution in [0.1, 0.15) is 30.4 Å². The Balaban J connectivity index is 1.73. The fourth-order valence-corrected chi connectivity index (χ4v) is 3.34. The first-order valence-electron chi connectivity index (χ1n) is 6.47. The zero-order chi connectivity index (χ0) is 11.8. The molecule has 3 heteroatoms. The van der Waals surface area contributed by atoms with Crippen molar-refractivity contribution in [2.24, 2.45) is 11.7 Å². The molecule has 3 rings (SSSR count). The standard InChI is InChI=1S/C14H19FN2/c15-14-4-2-10(5-12(14)7-16)8-17-9-11-1-3-13(17)6-11/h2,4-5,11,13H,1,3,6-9,16H2. The highest BCUT2D eigenvalue weighted by Crippen LogP contribution is 2.38. The van der Waals surface area contributed by atoms with E-state index >= 15 is 0 Å². The van der Waals surface area contributed by atoms with Gasteiger partial charge in [0.2, 0.25) is 0 Å². The van der Waals surface area contributed by atoms with Gasteiger partial charge in [-0.25, -0.2) is 4.39 Å². The maximum absolute atomic E-state index is 13.3. The molecule has 2 bridgehead atoms. The van der Waals surface area contributed by atoms with Gasteiger partial charge in [0.25, 0.3) is 0 Å². The summed E-state index contributed by atoms with van der Waals surface area (Å²) in [4.78, 5) is 2.54. The molecule has 0 amide bonds. The van der Waals surface area contributed by atoms with E-state index in [0.29, 0.717) is 5.56 Å². The summed E-state index contributed by atoms with van der Waals surface area (Å²) in [5.41, 5.74) is 7.36. The first-order valence-corrected chi connectivity index (χ1v) is 6.47. The van der Waals surface area contributed by atoms with E-state index in [4.69, 9.17) is 5.73 Å². The van der Waals surface area contributed by atoms with Crippen molar-refractivity contribution in [1.82, 2.24) is 4.90 Å². The summed E-state index contributed by atoms with van der Waals surface area (Å²) < 4.78 is 13.3. The highest BCUT2D eigenvalue weighted by Gasteiger charge is 2.37. The predicted molar refractivity (Wildman–Crippen MR) is 65.8 cm³/mol. The Hall–Kier alpha value is -0.930. The number of nitrogens with two attached hydrogens (primary N) is 1. The Morgan fingerprint density at radius 1 is 1.35 bits per heavy atom. The highest BCUT2D eigenvalue weighted by atomic mass is 19.1. The van der Waals surface area contributed by atoms with Crippen LogP contribution in [-0.2, 0) is 13.1 Å². The molecule has 2 unspecified atom stereocenters. The monoisotopic (exact) mass is 234 g/mol. The van der Waals surface area contributed by atoms with Crippen LogP contribution in [0.4, 0.5) is 4.39 Å². The second-order valence-corrected chi connectivity index (χ2v) is 5.39. The van der Waals surface area contributed by atoms with Gasteiger partial charge in [0.15, 0.2) is 0 Å². The van der Waals surface area contributed by atoms with Crippen LogP contribution in [0.15, 0.2) is 18.2 Å². The maximum Gasteiger partial charge on any atom is 0.127 e. The SMILES string of the molecule is NCc1cc(CN2CC3CCC2C3)ccc1F. The third-order valence-corrected chi connectivity index (χ3v) is 4.24. The van der Waals surface area contributed by atoms with E-state index < -0.39 is 0 Å². The summed E-state index contributed by atoms with van der Waals surface area (Å²) in [5.74, 6) is 0.730. The second kappa shape index (κ2) is 4.39. The summed E-state index contributed by atoms with van der Waals surface area (Å²) >= 11 is 0. The average molecular weight is 234 g/mol. The summed E-state index contributed by atoms with van der Waals surface area (Å²) in [7, 11) is 0. The van der Waals surface area contributed by atoms with Gasteiger partial charge in [-0.05, 0) is 36.8 Å². The van der Waals surface area contributed by atoms with Crippen molar-refractivity contribution < 1.29 is 4.39 Å². The van der Waals surface area contributed by atoms with Crippen LogP contribution < -0.4 is 5.73 Å². The topological polar surface area (TPSA) is 29.3 Å². The van der Waals surface area contributed by atoms with Crippen LogP contribution in [-0.4, -0.2) is 17.5 Å². The molecule has 0 radical (unpaired) electrons. The van der Waals surface area contributed by atoms with Gasteiger partial charge in [0.1, 0.15) is 5.82 Å². The van der Waals surface area contributed by atoms with E-state index in [-0.39, 0.29) is 12.4 Å². The lowest BCUT2D eigenvalue weighted by atomic mass is 10.1. The van der Waals surface area contributed by atoms with Crippen molar-refractivity contribution in [1.29, 1.82) is 0 Å². The number of likely N-dealkylation sites (tertiary alicyclic amines) is 1. The van der Waals surface area contributed by atoms with Crippen LogP contribution in [0.2, 0.25) is 0 Å². The van der Waals surface area contributed by atoms with E-state index in [9.17, 15) is 4.39 Å². The first-order chi connectivity index (χ1) is 8.26. The van der Waals surface area contributed by atoms with Gasteiger partial charge in [-0.2, -0.15) is 0 Å². The van der Waals surface area contributed by atoms with E-state index in [0.717, 1.165) is 18.5 Å². The molecule has 2 fully saturated rings. The van der Waals surface area contributed by atoms with Crippen molar-refractivity contribution >= 4 is 0 Å². The molecule has 1 saturated carbocycles. The fourth-order valence-electron chi connectivity index (χ4n) is 3.34. The van der Waals surface area contributed by atoms with E-state index in [2.05, 4.69) is 4.90 Å². The van der Waals surface area contributed by atoms with Crippen LogP contribution in [0.3, 0.4) is 0 Å². The summed E-state index contributed by atoms with van der Waals surface area (Å²) in [6.45, 7) is 2.46. The maximum atomic E-state index is 13.3. The Kier molecular flexibility index (Phi) is 2.89. The Morgan fingerprint density at radius 3 is 2.88 bits per heavy atom. The normalized spacial score (nSPS) is 27.9. The van der Waals surface area contributed by atoms with Crippen LogP contribution in [0.5, 0.6) is 0 Å². The van der Waals surface area contributed by atoms with Gasteiger partial charge >= 0.3 is 0 Å². The van der Waals surface area contributed by atoms with E-state index in [1.807, 2.05) is 12.1 Å². The van der Waals surface area contributed by atoms with Gasteiger partial charge in [-0.1, -0.05) is 12.1 Å². The minimum absolute atomic E-state index is 0.181. The van der Waals surface area contributed by atoms with Crippen molar-refractivity contribution in [3.8, 4) is 0 Å². The summed E-state index contributed by atoms with van der Waals surface area (Å²) in [6, 6.07) is 6.12. The third-order valence-electron chi connectivity index (χ3n) is 4.24. The molecule has 2 aliphatic rings. The molecule has 2 N–H and O–H groups in total. The number of rotatable bonds is 3. The molecular formula is C14H19FN2. The molecule has 1 aromatic rings. The van der Waals surface area contributed by atoms with Crippen molar-refractivity contribution in [2.75, 3.05) is 6.54 Å². The van der Waals surface area contributed by atoms with Gasteiger partial charge < -0.3 is 5.73 Å². The Morgan fingerprint density at radius 2 is 2.24 bits per heavy atom. The second-order valence-electron chi connectivity index (χ2n) is 5.39. The summed E-state index contributed by atoms with van der Waals surface area (Å²) in [5, 5.41) is 0. The molecule has 1 saturated heterocycles. The molecule has 1 heterocycles. The lowest BCUT2D eigenvalue weighted by molar-refractivity contribution is 0.205. The number of piperidine rings is 1. The largest absolute Gasteiger partial charge is 0.326 e. The number of hydrogen-bond donors (Lipinski definition) is 1. The Bertz CT molecular complexity index is 419. The van der Waals surface area contributed by atoms with Crippen LogP contribution >= 0.6 is 0 Å². The molecule has 0 aromatic heterocycles. The Labute approximate surface area is 102 Å². The van der Waals surface area contributed by atoms with Crippen LogP contribution in [0.25, 0.3) is 0 Å². The van der Waals surface area contributed by atoms with Gasteiger partial charge in [-0.15, -0.1) is 0 Å². The lowest BCUT2D eigenvalue weighted by Crippen LogP contribution is -2.31. The summed E-state index contributed by atoms with van der Waals surface area (Å²) in [6.07, 6.45) is 4.11. The van der Waals surface area contributed by atoms with Gasteiger partial charge in [-0.3, -0.25) is 4.90 Å². The number of halogens is 1. The minimum Gasteiger partial charge on any atom is -0.326 e. The van der Waals surface area contributed by atoms with E-state index in [1.165, 1.54) is 31.4 Å². The zero-order valence-corrected chi connectivity index (χ0v) is 10.0. The zero-order valence-electron chi connectivity index (χ0n) is 10.0. The van der Waals surface area contributed by atoms with Gasteiger partial charge in [0, 0.05) is 31.2 Å². The quantitative estimate of drug-likeness (QED) is 0.869. The average Bonchev–Trinajstić information content (AvgIpc) is 2.93. The van der Waals surface area contributed by atoms with E-state index in [1.54, 1.807) is 6.07 Å². The molecule has 1 aromatic carbocycles. The highest BCUT2D eigenvalue weighted by molar-refractivity contribution is 5.25. The number of benzene rings is 1. The molecule has 1 aliphatic carbocycles. The fraction of sp³-hybridized carbons (Fsp3) is 0.571. The van der Waals surface area contributed by atoms with Crippen molar-refractivity contribution in [2.45, 2.75) is 38.4 Å². The molecule has 17 heavy (non-hydrogen) atoms. The molecule has 1 aliphatic heterocycles. The molecule has 0 spiro atoms. The van der Waals surface area contributed by atoms with Crippen LogP contribution in [0, 0.1) is 11.7 Å². The molecular weight excluding hydrogens is 215 g/mol. The predicted octanol–water partition coefficient (Wildman–Crippen LogP) is 2.27.